The molecule has 0 aliphatic rings. The predicted molar refractivity (Wildman–Crippen MR) is 102 cm³/mol. The predicted octanol–water partition coefficient (Wildman–Crippen LogP) is 4.91. The third-order valence-corrected chi connectivity index (χ3v) is 7.98. The van der Waals surface area contributed by atoms with Crippen LogP contribution < -0.4 is 0 Å². The van der Waals surface area contributed by atoms with Crippen LogP contribution in [-0.2, 0) is 6.54 Å². The van der Waals surface area contributed by atoms with Gasteiger partial charge in [-0.1, -0.05) is 0 Å². The van der Waals surface area contributed by atoms with E-state index in [0.717, 1.165) is 16.7 Å². The molecule has 3 nitrogen and oxygen atoms in total. The maximum atomic E-state index is 5.06. The first-order valence-electron chi connectivity index (χ1n) is 8.13. The van der Waals surface area contributed by atoms with Crippen LogP contribution >= 0.6 is 8.07 Å². The molecule has 0 N–H and O–H groups in total. The number of hydrogen-bond acceptors (Lipinski definition) is 1. The van der Waals surface area contributed by atoms with Crippen molar-refractivity contribution in [1.82, 2.24) is 14.1 Å². The number of hydrogen-bond donors (Lipinski definition) is 0. The summed E-state index contributed by atoms with van der Waals surface area (Å²) in [7, 11) is -0.497. The Hall–Kier alpha value is -0.691. The van der Waals surface area contributed by atoms with Gasteiger partial charge in [-0.2, -0.15) is 0 Å². The molecule has 0 radical (unpaired) electrons. The summed E-state index contributed by atoms with van der Waals surface area (Å²) in [6.07, 6.45) is 0. The van der Waals surface area contributed by atoms with Gasteiger partial charge in [-0.15, -0.1) is 0 Å². The van der Waals surface area contributed by atoms with Gasteiger partial charge in [-0.05, 0) is 0 Å². The Balaban J connectivity index is 2.70. The molecule has 2 aromatic rings. The van der Waals surface area contributed by atoms with Crippen LogP contribution in [0.25, 0.3) is 11.4 Å². The first-order valence-corrected chi connectivity index (χ1v) is 10.3. The van der Waals surface area contributed by atoms with Crippen molar-refractivity contribution in [2.75, 3.05) is 0 Å². The Morgan fingerprint density at radius 2 is 1.52 bits per heavy atom. The van der Waals surface area contributed by atoms with Crippen LogP contribution in [0.3, 0.4) is 0 Å². The Morgan fingerprint density at radius 3 is 1.96 bits per heavy atom. The average Bonchev–Trinajstić information content (AvgIpc) is 2.73. The van der Waals surface area contributed by atoms with Crippen molar-refractivity contribution in [1.29, 1.82) is 0 Å². The molecule has 0 aliphatic heterocycles. The van der Waals surface area contributed by atoms with Crippen molar-refractivity contribution in [3.05, 3.63) is 34.7 Å². The number of benzene rings is 1. The molecule has 0 aliphatic carbocycles. The van der Waals surface area contributed by atoms with Crippen molar-refractivity contribution in [3.8, 4) is 11.4 Å². The van der Waals surface area contributed by atoms with Gasteiger partial charge in [0.05, 0.1) is 0 Å². The Morgan fingerprint density at radius 1 is 1.00 bits per heavy atom. The summed E-state index contributed by atoms with van der Waals surface area (Å²) in [5, 5.41) is 5.42. The van der Waals surface area contributed by atoms with Crippen LogP contribution in [0.15, 0.2) is 30.3 Å². The standard InChI is InChI=1S/C18H28N3PSe/c1-8-20-15(14-12-10-9-11-13-14)19-21(16(20)23)22(17(2,3)4)18(5,6)7/h9-13H,8H2,1-7H3. The molecular weight excluding hydrogens is 368 g/mol. The second-order valence-corrected chi connectivity index (χ2v) is 12.2. The summed E-state index contributed by atoms with van der Waals surface area (Å²) < 4.78 is 5.67. The number of nitrogens with zero attached hydrogens (tertiary/aromatic N) is 3. The third-order valence-electron chi connectivity index (χ3n) is 3.66. The summed E-state index contributed by atoms with van der Waals surface area (Å²) in [6, 6.07) is 10.5. The molecule has 0 bridgehead atoms. The second-order valence-electron chi connectivity index (χ2n) is 7.76. The van der Waals surface area contributed by atoms with Crippen LogP contribution in [0.1, 0.15) is 48.5 Å². The van der Waals surface area contributed by atoms with Crippen LogP contribution in [0.5, 0.6) is 0 Å². The van der Waals surface area contributed by atoms with Crippen molar-refractivity contribution >= 4 is 23.6 Å². The van der Waals surface area contributed by atoms with Gasteiger partial charge < -0.3 is 0 Å². The molecule has 1 heterocycles. The van der Waals surface area contributed by atoms with E-state index in [4.69, 9.17) is 5.10 Å². The molecule has 0 atom stereocenters. The van der Waals surface area contributed by atoms with Crippen molar-refractivity contribution in [2.24, 2.45) is 0 Å². The molecule has 0 saturated heterocycles. The van der Waals surface area contributed by atoms with Crippen molar-refractivity contribution in [3.63, 3.8) is 0 Å². The quantitative estimate of drug-likeness (QED) is 0.534. The van der Waals surface area contributed by atoms with E-state index in [1.54, 1.807) is 0 Å². The zero-order chi connectivity index (χ0) is 17.4. The zero-order valence-corrected chi connectivity index (χ0v) is 17.9. The van der Waals surface area contributed by atoms with E-state index in [1.807, 2.05) is 6.07 Å². The van der Waals surface area contributed by atoms with Gasteiger partial charge in [0, 0.05) is 0 Å². The SMILES string of the molecule is CCn1c(-c2ccccc2)nn(P(C(C)(C)C)C(C)(C)C)c1=[Se]. The Labute approximate surface area is 149 Å². The monoisotopic (exact) mass is 397 g/mol. The fraction of sp³-hybridized carbons (Fsp3) is 0.556. The van der Waals surface area contributed by atoms with Gasteiger partial charge in [0.25, 0.3) is 0 Å². The summed E-state index contributed by atoms with van der Waals surface area (Å²) >= 11 is 3.28. The molecule has 23 heavy (non-hydrogen) atoms. The summed E-state index contributed by atoms with van der Waals surface area (Å²) in [5.41, 5.74) is 1.17. The molecular formula is C18H28N3PSe. The van der Waals surface area contributed by atoms with E-state index in [1.165, 1.54) is 5.56 Å². The average molecular weight is 396 g/mol. The van der Waals surface area contributed by atoms with Gasteiger partial charge >= 0.3 is 149 Å². The molecule has 2 rings (SSSR count). The van der Waals surface area contributed by atoms with Crippen LogP contribution in [0, 0.1) is 4.32 Å². The molecule has 0 amide bonds. The molecule has 0 saturated carbocycles. The van der Waals surface area contributed by atoms with E-state index in [2.05, 4.69) is 97.3 Å². The summed E-state index contributed by atoms with van der Waals surface area (Å²) in [4.78, 5) is 0. The van der Waals surface area contributed by atoms with E-state index in [9.17, 15) is 0 Å². The van der Waals surface area contributed by atoms with Gasteiger partial charge in [-0.25, -0.2) is 0 Å². The van der Waals surface area contributed by atoms with Crippen LogP contribution in [0.2, 0.25) is 0 Å². The fourth-order valence-corrected chi connectivity index (χ4v) is 7.83. The van der Waals surface area contributed by atoms with Crippen LogP contribution in [-0.4, -0.2) is 40.0 Å². The molecule has 1 aromatic heterocycles. The molecule has 0 spiro atoms. The van der Waals surface area contributed by atoms with Gasteiger partial charge in [0.2, 0.25) is 0 Å². The fourth-order valence-electron chi connectivity index (χ4n) is 3.18. The van der Waals surface area contributed by atoms with E-state index in [0.29, 0.717) is 0 Å². The Kier molecular flexibility index (Phi) is 5.40. The van der Waals surface area contributed by atoms with E-state index in [-0.39, 0.29) is 10.3 Å². The van der Waals surface area contributed by atoms with Gasteiger partial charge in [0.1, 0.15) is 0 Å². The molecule has 0 unspecified atom stereocenters. The summed E-state index contributed by atoms with van der Waals surface area (Å²) in [6.45, 7) is 17.0. The van der Waals surface area contributed by atoms with Crippen LogP contribution in [0.4, 0.5) is 0 Å². The normalized spacial score (nSPS) is 12.9. The van der Waals surface area contributed by atoms with E-state index < -0.39 is 8.07 Å². The first-order chi connectivity index (χ1) is 10.6. The summed E-state index contributed by atoms with van der Waals surface area (Å²) in [5.74, 6) is 1.04. The molecule has 126 valence electrons. The van der Waals surface area contributed by atoms with E-state index >= 15 is 0 Å². The third kappa shape index (κ3) is 3.87. The molecule has 1 aromatic carbocycles. The maximum absolute atomic E-state index is 5.06. The minimum absolute atomic E-state index is 0.178. The number of rotatable bonds is 3. The van der Waals surface area contributed by atoms with Crippen molar-refractivity contribution in [2.45, 2.75) is 65.3 Å². The molecule has 0 fully saturated rings. The zero-order valence-electron chi connectivity index (χ0n) is 15.3. The van der Waals surface area contributed by atoms with Crippen molar-refractivity contribution < 1.29 is 0 Å². The first kappa shape index (κ1) is 18.6. The topological polar surface area (TPSA) is 22.8 Å². The number of aromatic nitrogens is 3. The minimum atomic E-state index is -0.497. The Bertz CT molecular complexity index is 703. The second kappa shape index (κ2) is 6.67. The van der Waals surface area contributed by atoms with Gasteiger partial charge in [0.15, 0.2) is 0 Å². The molecule has 5 heteroatoms. The van der Waals surface area contributed by atoms with Gasteiger partial charge in [-0.3, -0.25) is 0 Å².